The average molecular weight is 541 g/mol. The Bertz CT molecular complexity index is 1410. The van der Waals surface area contributed by atoms with Crippen molar-refractivity contribution in [1.29, 1.82) is 0 Å². The number of fused-ring (bicyclic) bond motifs is 1. The molecular weight excluding hydrogens is 492 g/mol. The molecule has 4 heteroatoms. The number of carbonyl (C=O) groups is 1. The van der Waals surface area contributed by atoms with Gasteiger partial charge >= 0.3 is 0 Å². The van der Waals surface area contributed by atoms with Gasteiger partial charge in [-0.1, -0.05) is 51.5 Å². The van der Waals surface area contributed by atoms with Crippen LogP contribution in [0.1, 0.15) is 98.6 Å². The van der Waals surface area contributed by atoms with Crippen molar-refractivity contribution in [2.24, 2.45) is 11.3 Å². The molecule has 1 fully saturated rings. The largest absolute Gasteiger partial charge is 0.381 e. The number of pyridine rings is 1. The second-order valence-electron chi connectivity index (χ2n) is 13.8. The molecule has 3 aliphatic carbocycles. The molecule has 0 saturated heterocycles. The molecule has 5 rings (SSSR count). The Morgan fingerprint density at radius 3 is 2.45 bits per heavy atom. The summed E-state index contributed by atoms with van der Waals surface area (Å²) in [6.07, 6.45) is 9.38. The monoisotopic (exact) mass is 540 g/mol. The molecule has 1 saturated carbocycles. The van der Waals surface area contributed by atoms with Crippen molar-refractivity contribution in [3.63, 3.8) is 0 Å². The van der Waals surface area contributed by atoms with Crippen LogP contribution >= 0.6 is 0 Å². The third kappa shape index (κ3) is 4.57. The van der Waals surface area contributed by atoms with Gasteiger partial charge in [-0.3, -0.25) is 9.78 Å². The molecule has 3 aliphatic rings. The molecule has 0 bridgehead atoms. The molecule has 40 heavy (non-hydrogen) atoms. The lowest BCUT2D eigenvalue weighted by atomic mass is 9.66. The summed E-state index contributed by atoms with van der Waals surface area (Å²) in [5.41, 5.74) is 11.7. The average Bonchev–Trinajstić information content (AvgIpc) is 3.40. The van der Waals surface area contributed by atoms with Gasteiger partial charge in [0.1, 0.15) is 0 Å². The van der Waals surface area contributed by atoms with Crippen LogP contribution in [0.25, 0.3) is 0 Å². The second kappa shape index (κ2) is 10.3. The van der Waals surface area contributed by atoms with Crippen molar-refractivity contribution < 1.29 is 9.53 Å². The van der Waals surface area contributed by atoms with Crippen LogP contribution in [0.4, 0.5) is 5.69 Å². The number of ketones is 1. The Morgan fingerprint density at radius 2 is 1.77 bits per heavy atom. The molecule has 214 valence electrons. The summed E-state index contributed by atoms with van der Waals surface area (Å²) in [5.74, 6) is 0.559. The smallest absolute Gasteiger partial charge is 0.192 e. The number of nitrogens with zero attached hydrogens (tertiary/aromatic N) is 2. The summed E-state index contributed by atoms with van der Waals surface area (Å²) in [5, 5.41) is 0. The minimum atomic E-state index is -0.0670. The number of hydrogen-bond acceptors (Lipinski definition) is 4. The molecule has 2 unspecified atom stereocenters. The van der Waals surface area contributed by atoms with Gasteiger partial charge in [0.15, 0.2) is 5.78 Å². The molecule has 0 N–H and O–H groups in total. The van der Waals surface area contributed by atoms with Gasteiger partial charge in [0.25, 0.3) is 0 Å². The van der Waals surface area contributed by atoms with Crippen LogP contribution in [0.5, 0.6) is 0 Å². The zero-order valence-electron chi connectivity index (χ0n) is 26.4. The summed E-state index contributed by atoms with van der Waals surface area (Å²) >= 11 is 0. The van der Waals surface area contributed by atoms with E-state index in [0.29, 0.717) is 17.9 Å². The van der Waals surface area contributed by atoms with Crippen molar-refractivity contribution in [2.45, 2.75) is 105 Å². The maximum atomic E-state index is 14.3. The Labute approximate surface area is 241 Å². The number of ether oxygens (including phenoxy) is 1. The molecule has 0 aliphatic heterocycles. The third-order valence-electron chi connectivity index (χ3n) is 10.6. The van der Waals surface area contributed by atoms with Crippen molar-refractivity contribution >= 4 is 11.5 Å². The van der Waals surface area contributed by atoms with Crippen LogP contribution in [0.3, 0.4) is 0 Å². The van der Waals surface area contributed by atoms with E-state index in [9.17, 15) is 4.79 Å². The lowest BCUT2D eigenvalue weighted by Gasteiger charge is -2.39. The zero-order chi connectivity index (χ0) is 29.1. The number of rotatable bonds is 6. The Morgan fingerprint density at radius 1 is 1.07 bits per heavy atom. The van der Waals surface area contributed by atoms with Gasteiger partial charge in [-0.2, -0.15) is 0 Å². The predicted octanol–water partition coefficient (Wildman–Crippen LogP) is 8.02. The number of aryl methyl sites for hydroxylation is 4. The second-order valence-corrected chi connectivity index (χ2v) is 13.8. The quantitative estimate of drug-likeness (QED) is 0.348. The summed E-state index contributed by atoms with van der Waals surface area (Å²) in [7, 11) is 3.97. The topological polar surface area (TPSA) is 42.4 Å². The highest BCUT2D eigenvalue weighted by Gasteiger charge is 2.50. The van der Waals surface area contributed by atoms with Gasteiger partial charge in [-0.15, -0.1) is 0 Å². The van der Waals surface area contributed by atoms with E-state index in [1.807, 2.05) is 14.0 Å². The molecule has 4 nitrogen and oxygen atoms in total. The first-order chi connectivity index (χ1) is 18.8. The Balaban J connectivity index is 1.50. The van der Waals surface area contributed by atoms with Crippen LogP contribution in [0.15, 0.2) is 47.2 Å². The molecule has 4 atom stereocenters. The van der Waals surface area contributed by atoms with Crippen molar-refractivity contribution in [3.05, 3.63) is 80.7 Å². The van der Waals surface area contributed by atoms with Crippen molar-refractivity contribution in [3.8, 4) is 0 Å². The first-order valence-corrected chi connectivity index (χ1v) is 15.1. The van der Waals surface area contributed by atoms with Crippen LogP contribution in [-0.4, -0.2) is 37.1 Å². The van der Waals surface area contributed by atoms with E-state index in [0.717, 1.165) is 36.2 Å². The standard InChI is InChI=1S/C36H48N2O2/c1-21-14-26-12-11-13-36(8,30(26)16-22(21)2)29-19-27(15-23(29)3)33(39)28-20-37-25(5)18-31(28)38(9)32-17-24(4)34(40-10)35(32,6)7/h14,16,18-20,24,32,34H,11-13,15,17H2,1-10H3/t24?,32-,34-,36?/m1/s1. The minimum absolute atomic E-state index is 0.0438. The molecule has 1 aromatic carbocycles. The van der Waals surface area contributed by atoms with Gasteiger partial charge in [-0.05, 0) is 99.6 Å². The Hall–Kier alpha value is -2.72. The molecular formula is C36H48N2O2. The van der Waals surface area contributed by atoms with Crippen LogP contribution in [-0.2, 0) is 16.6 Å². The highest BCUT2D eigenvalue weighted by molar-refractivity contribution is 6.13. The molecule has 1 aromatic heterocycles. The molecule has 0 spiro atoms. The van der Waals surface area contributed by atoms with Gasteiger partial charge in [0.05, 0.1) is 17.4 Å². The van der Waals surface area contributed by atoms with Gasteiger partial charge < -0.3 is 9.64 Å². The summed E-state index contributed by atoms with van der Waals surface area (Å²) in [4.78, 5) is 21.2. The highest BCUT2D eigenvalue weighted by atomic mass is 16.5. The number of aromatic nitrogens is 1. The van der Waals surface area contributed by atoms with Crippen molar-refractivity contribution in [1.82, 2.24) is 4.98 Å². The van der Waals surface area contributed by atoms with Crippen LogP contribution in [0.2, 0.25) is 0 Å². The van der Waals surface area contributed by atoms with E-state index in [4.69, 9.17) is 4.74 Å². The van der Waals surface area contributed by atoms with E-state index < -0.39 is 0 Å². The fourth-order valence-electron chi connectivity index (χ4n) is 8.40. The van der Waals surface area contributed by atoms with Crippen LogP contribution < -0.4 is 4.90 Å². The van der Waals surface area contributed by atoms with Crippen molar-refractivity contribution in [2.75, 3.05) is 19.1 Å². The maximum absolute atomic E-state index is 14.3. The lowest BCUT2D eigenvalue weighted by Crippen LogP contribution is -2.44. The first kappa shape index (κ1) is 28.8. The molecule has 1 heterocycles. The number of allylic oxidation sites excluding steroid dienone is 4. The van der Waals surface area contributed by atoms with Gasteiger partial charge in [-0.25, -0.2) is 0 Å². The highest BCUT2D eigenvalue weighted by Crippen LogP contribution is 2.49. The molecule has 0 radical (unpaired) electrons. The molecule has 2 aromatic rings. The SMILES string of the molecule is CO[C@@H]1C(C)C[C@@H](N(C)c2cc(C)ncc2C(=O)C2=CC(C3(C)CCCc4cc(C)c(C)cc43)=C(C)C2)C1(C)C. The first-order valence-electron chi connectivity index (χ1n) is 15.1. The van der Waals surface area contributed by atoms with Gasteiger partial charge in [0, 0.05) is 48.5 Å². The summed E-state index contributed by atoms with van der Waals surface area (Å²) < 4.78 is 5.95. The Kier molecular flexibility index (Phi) is 7.40. The predicted molar refractivity (Wildman–Crippen MR) is 165 cm³/mol. The fourth-order valence-corrected chi connectivity index (χ4v) is 8.40. The van der Waals surface area contributed by atoms with E-state index >= 15 is 0 Å². The van der Waals surface area contributed by atoms with E-state index in [-0.39, 0.29) is 28.8 Å². The van der Waals surface area contributed by atoms with E-state index in [1.54, 1.807) is 6.20 Å². The van der Waals surface area contributed by atoms with E-state index in [1.165, 1.54) is 39.8 Å². The number of benzene rings is 1. The maximum Gasteiger partial charge on any atom is 0.192 e. The number of methoxy groups -OCH3 is 1. The minimum Gasteiger partial charge on any atom is -0.381 e. The lowest BCUT2D eigenvalue weighted by molar-refractivity contribution is 0.00214. The number of anilines is 1. The van der Waals surface area contributed by atoms with Crippen LogP contribution in [0, 0.1) is 32.1 Å². The summed E-state index contributed by atoms with van der Waals surface area (Å²) in [6.45, 7) is 17.9. The van der Waals surface area contributed by atoms with Gasteiger partial charge in [0.2, 0.25) is 0 Å². The normalized spacial score (nSPS) is 27.6. The third-order valence-corrected chi connectivity index (χ3v) is 10.6. The number of hydrogen-bond donors (Lipinski definition) is 0. The fraction of sp³-hybridized carbons (Fsp3) is 0.556. The van der Waals surface area contributed by atoms with E-state index in [2.05, 4.69) is 89.7 Å². The summed E-state index contributed by atoms with van der Waals surface area (Å²) in [6, 6.07) is 7.15. The number of carbonyl (C=O) groups excluding carboxylic acids is 1. The number of Topliss-reactive ketones (excluding diaryl/α,β-unsaturated/α-hetero) is 1. The molecule has 0 amide bonds. The zero-order valence-corrected chi connectivity index (χ0v) is 26.4.